The number of hydrogen-bond donors (Lipinski definition) is 1. The Hall–Kier alpha value is -1.03. The maximum atomic E-state index is 6.07. The predicted octanol–water partition coefficient (Wildman–Crippen LogP) is 4.86. The molecule has 2 rings (SSSR count). The van der Waals surface area contributed by atoms with Crippen molar-refractivity contribution in [1.82, 2.24) is 0 Å². The fourth-order valence-electron chi connectivity index (χ4n) is 1.79. The van der Waals surface area contributed by atoms with Crippen LogP contribution in [0, 0.1) is 0 Å². The fourth-order valence-corrected chi connectivity index (χ4v) is 2.24. The predicted molar refractivity (Wildman–Crippen MR) is 83.6 cm³/mol. The summed E-state index contributed by atoms with van der Waals surface area (Å²) in [4.78, 5) is 0. The van der Waals surface area contributed by atoms with Crippen molar-refractivity contribution < 1.29 is 4.74 Å². The Morgan fingerprint density at radius 3 is 2.74 bits per heavy atom. The Bertz CT molecular complexity index is 560. The van der Waals surface area contributed by atoms with E-state index in [-0.39, 0.29) is 0 Å². The molecule has 100 valence electrons. The summed E-state index contributed by atoms with van der Waals surface area (Å²) >= 11 is 9.46. The molecule has 0 aliphatic heterocycles. The van der Waals surface area contributed by atoms with E-state index in [1.165, 1.54) is 0 Å². The zero-order chi connectivity index (χ0) is 13.7. The van der Waals surface area contributed by atoms with Crippen LogP contribution >= 0.6 is 27.5 Å². The minimum Gasteiger partial charge on any atom is -0.381 e. The summed E-state index contributed by atoms with van der Waals surface area (Å²) in [6.45, 7) is 1.36. The van der Waals surface area contributed by atoms with Crippen LogP contribution < -0.4 is 5.32 Å². The van der Waals surface area contributed by atoms with Gasteiger partial charge in [-0.15, -0.1) is 0 Å². The Kier molecular flexibility index (Phi) is 5.25. The molecule has 2 aromatic carbocycles. The van der Waals surface area contributed by atoms with Gasteiger partial charge in [0.25, 0.3) is 0 Å². The van der Waals surface area contributed by atoms with Crippen LogP contribution in [0.3, 0.4) is 0 Å². The molecular weight excluding hydrogens is 326 g/mol. The van der Waals surface area contributed by atoms with E-state index < -0.39 is 0 Å². The van der Waals surface area contributed by atoms with E-state index >= 15 is 0 Å². The molecule has 0 aliphatic rings. The van der Waals surface area contributed by atoms with Crippen molar-refractivity contribution >= 4 is 33.2 Å². The minimum absolute atomic E-state index is 0.625. The smallest absolute Gasteiger partial charge is 0.0713 e. The van der Waals surface area contributed by atoms with E-state index in [1.807, 2.05) is 36.4 Å². The van der Waals surface area contributed by atoms with Gasteiger partial charge in [0.15, 0.2) is 0 Å². The molecule has 0 aromatic heterocycles. The van der Waals surface area contributed by atoms with Crippen LogP contribution in [-0.4, -0.2) is 7.11 Å². The number of halogens is 2. The molecule has 2 aromatic rings. The van der Waals surface area contributed by atoms with Crippen molar-refractivity contribution in [2.24, 2.45) is 0 Å². The highest BCUT2D eigenvalue weighted by molar-refractivity contribution is 9.10. The molecule has 0 spiro atoms. The lowest BCUT2D eigenvalue weighted by Crippen LogP contribution is -2.00. The molecule has 0 bridgehead atoms. The van der Waals surface area contributed by atoms with E-state index in [1.54, 1.807) is 7.11 Å². The van der Waals surface area contributed by atoms with E-state index in [0.29, 0.717) is 6.61 Å². The summed E-state index contributed by atoms with van der Waals surface area (Å²) in [6, 6.07) is 14.2. The van der Waals surface area contributed by atoms with Gasteiger partial charge in [-0.2, -0.15) is 0 Å². The molecule has 0 fully saturated rings. The quantitative estimate of drug-likeness (QED) is 0.839. The number of nitrogens with one attached hydrogen (secondary N) is 1. The lowest BCUT2D eigenvalue weighted by atomic mass is 10.2. The average Bonchev–Trinajstić information content (AvgIpc) is 2.41. The zero-order valence-corrected chi connectivity index (χ0v) is 13.0. The maximum Gasteiger partial charge on any atom is 0.0713 e. The molecule has 2 nitrogen and oxygen atoms in total. The molecule has 0 heterocycles. The minimum atomic E-state index is 0.625. The van der Waals surface area contributed by atoms with Gasteiger partial charge in [0.2, 0.25) is 0 Å². The number of anilines is 1. The van der Waals surface area contributed by atoms with Gasteiger partial charge in [0.05, 0.1) is 11.6 Å². The van der Waals surface area contributed by atoms with E-state index in [2.05, 4.69) is 27.3 Å². The molecule has 0 aliphatic carbocycles. The van der Waals surface area contributed by atoms with Crippen LogP contribution in [0.15, 0.2) is 46.9 Å². The van der Waals surface area contributed by atoms with E-state index in [9.17, 15) is 0 Å². The highest BCUT2D eigenvalue weighted by Gasteiger charge is 2.00. The van der Waals surface area contributed by atoms with E-state index in [0.717, 1.165) is 32.9 Å². The third-order valence-electron chi connectivity index (χ3n) is 2.72. The van der Waals surface area contributed by atoms with Crippen LogP contribution in [0.2, 0.25) is 5.02 Å². The first kappa shape index (κ1) is 14.4. The van der Waals surface area contributed by atoms with Crippen LogP contribution in [0.4, 0.5) is 5.69 Å². The molecule has 0 unspecified atom stereocenters. The normalized spacial score (nSPS) is 10.5. The van der Waals surface area contributed by atoms with Crippen molar-refractivity contribution in [2.45, 2.75) is 13.2 Å². The third kappa shape index (κ3) is 4.23. The number of hydrogen-bond acceptors (Lipinski definition) is 2. The van der Waals surface area contributed by atoms with Crippen LogP contribution in [0.25, 0.3) is 0 Å². The summed E-state index contributed by atoms with van der Waals surface area (Å²) in [6.07, 6.45) is 0. The Balaban J connectivity index is 2.01. The van der Waals surface area contributed by atoms with Crippen molar-refractivity contribution in [3.05, 3.63) is 63.1 Å². The molecule has 0 saturated heterocycles. The van der Waals surface area contributed by atoms with Crippen LogP contribution in [0.5, 0.6) is 0 Å². The molecule has 4 heteroatoms. The number of ether oxygens (including phenoxy) is 1. The fraction of sp³-hybridized carbons (Fsp3) is 0.200. The molecule has 1 N–H and O–H groups in total. The Morgan fingerprint density at radius 1 is 1.16 bits per heavy atom. The first-order valence-corrected chi connectivity index (χ1v) is 7.12. The van der Waals surface area contributed by atoms with Crippen molar-refractivity contribution in [3.8, 4) is 0 Å². The lowest BCUT2D eigenvalue weighted by molar-refractivity contribution is 0.185. The second-order valence-electron chi connectivity index (χ2n) is 4.24. The highest BCUT2D eigenvalue weighted by Crippen LogP contribution is 2.23. The lowest BCUT2D eigenvalue weighted by Gasteiger charge is -2.09. The topological polar surface area (TPSA) is 21.3 Å². The highest BCUT2D eigenvalue weighted by atomic mass is 79.9. The van der Waals surface area contributed by atoms with Crippen molar-refractivity contribution in [2.75, 3.05) is 12.4 Å². The van der Waals surface area contributed by atoms with Crippen LogP contribution in [-0.2, 0) is 17.9 Å². The summed E-state index contributed by atoms with van der Waals surface area (Å²) in [5.74, 6) is 0. The van der Waals surface area contributed by atoms with Crippen molar-refractivity contribution in [3.63, 3.8) is 0 Å². The SMILES string of the molecule is COCc1cccc(NCc2ccc(Br)c(Cl)c2)c1. The molecular formula is C15H15BrClNO. The van der Waals surface area contributed by atoms with Crippen LogP contribution in [0.1, 0.15) is 11.1 Å². The van der Waals surface area contributed by atoms with Gasteiger partial charge in [0.1, 0.15) is 0 Å². The summed E-state index contributed by atoms with van der Waals surface area (Å²) in [5.41, 5.74) is 3.38. The van der Waals surface area contributed by atoms with Gasteiger partial charge < -0.3 is 10.1 Å². The average molecular weight is 341 g/mol. The van der Waals surface area contributed by atoms with Gasteiger partial charge in [-0.1, -0.05) is 29.8 Å². The third-order valence-corrected chi connectivity index (χ3v) is 3.95. The molecule has 0 radical (unpaired) electrons. The standard InChI is InChI=1S/C15H15BrClNO/c1-19-10-12-3-2-4-13(7-12)18-9-11-5-6-14(16)15(17)8-11/h2-8,18H,9-10H2,1H3. The van der Waals surface area contributed by atoms with Gasteiger partial charge in [-0.3, -0.25) is 0 Å². The number of benzene rings is 2. The molecule has 0 amide bonds. The molecule has 0 atom stereocenters. The number of methoxy groups -OCH3 is 1. The van der Waals surface area contributed by atoms with Gasteiger partial charge >= 0.3 is 0 Å². The second-order valence-corrected chi connectivity index (χ2v) is 5.50. The van der Waals surface area contributed by atoms with Gasteiger partial charge in [0, 0.05) is 23.8 Å². The van der Waals surface area contributed by atoms with Gasteiger partial charge in [-0.25, -0.2) is 0 Å². The molecule has 0 saturated carbocycles. The number of rotatable bonds is 5. The van der Waals surface area contributed by atoms with Gasteiger partial charge in [-0.05, 0) is 51.3 Å². The monoisotopic (exact) mass is 339 g/mol. The summed E-state index contributed by atoms with van der Waals surface area (Å²) < 4.78 is 6.04. The van der Waals surface area contributed by atoms with E-state index in [4.69, 9.17) is 16.3 Å². The molecule has 19 heavy (non-hydrogen) atoms. The summed E-state index contributed by atoms with van der Waals surface area (Å²) in [5, 5.41) is 4.11. The maximum absolute atomic E-state index is 6.07. The summed E-state index contributed by atoms with van der Waals surface area (Å²) in [7, 11) is 1.70. The largest absolute Gasteiger partial charge is 0.381 e. The second kappa shape index (κ2) is 6.94. The zero-order valence-electron chi connectivity index (χ0n) is 10.6. The first-order chi connectivity index (χ1) is 9.19. The van der Waals surface area contributed by atoms with Crippen molar-refractivity contribution in [1.29, 1.82) is 0 Å². The Morgan fingerprint density at radius 2 is 2.00 bits per heavy atom. The first-order valence-electron chi connectivity index (χ1n) is 5.94. The Labute approximate surface area is 126 Å².